The summed E-state index contributed by atoms with van der Waals surface area (Å²) in [5, 5.41) is 0. The normalized spacial score (nSPS) is 10.8. The third kappa shape index (κ3) is 7.83. The molecule has 7 aromatic rings. The molecule has 7 aromatic carbocycles. The van der Waals surface area contributed by atoms with Gasteiger partial charge in [-0.1, -0.05) is 146 Å². The second-order valence-corrected chi connectivity index (χ2v) is 12.8. The zero-order chi connectivity index (χ0) is 35.9. The highest BCUT2D eigenvalue weighted by atomic mass is 16.1. The van der Waals surface area contributed by atoms with Gasteiger partial charge in [0, 0.05) is 44.5 Å². The van der Waals surface area contributed by atoms with Crippen LogP contribution in [0, 0.1) is 0 Å². The van der Waals surface area contributed by atoms with Crippen LogP contribution in [-0.4, -0.2) is 23.1 Å². The van der Waals surface area contributed by atoms with Crippen LogP contribution >= 0.6 is 0 Å². The van der Waals surface area contributed by atoms with Crippen molar-refractivity contribution in [3.8, 4) is 0 Å². The van der Waals surface area contributed by atoms with E-state index in [-0.39, 0.29) is 23.1 Å². The molecule has 0 N–H and O–H groups in total. The summed E-state index contributed by atoms with van der Waals surface area (Å²) in [5.41, 5.74) is 7.43. The van der Waals surface area contributed by atoms with Gasteiger partial charge in [0.05, 0.1) is 0 Å². The maximum absolute atomic E-state index is 14.2. The molecule has 7 rings (SSSR count). The van der Waals surface area contributed by atoms with E-state index in [2.05, 4.69) is 12.1 Å². The quantitative estimate of drug-likeness (QED) is 0.121. The summed E-state index contributed by atoms with van der Waals surface area (Å²) in [6, 6.07) is 55.1. The monoisotopic (exact) mass is 674 g/mol. The van der Waals surface area contributed by atoms with Gasteiger partial charge in [0.1, 0.15) is 0 Å². The molecule has 4 heteroatoms. The first kappa shape index (κ1) is 33.7. The van der Waals surface area contributed by atoms with Gasteiger partial charge in [-0.2, -0.15) is 0 Å². The summed E-state index contributed by atoms with van der Waals surface area (Å²) in [6.45, 7) is 0. The highest BCUT2D eigenvalue weighted by Crippen LogP contribution is 2.23. The van der Waals surface area contributed by atoms with Crippen molar-refractivity contribution in [3.63, 3.8) is 0 Å². The Morgan fingerprint density at radius 2 is 0.538 bits per heavy atom. The second-order valence-electron chi connectivity index (χ2n) is 12.8. The highest BCUT2D eigenvalue weighted by molar-refractivity contribution is 6.15. The molecular weight excluding hydrogens is 641 g/mol. The lowest BCUT2D eigenvalue weighted by Gasteiger charge is -2.12. The van der Waals surface area contributed by atoms with E-state index < -0.39 is 0 Å². The molecule has 0 saturated carbocycles. The molecule has 0 aliphatic heterocycles. The number of rotatable bonds is 12. The van der Waals surface area contributed by atoms with Crippen LogP contribution in [0.3, 0.4) is 0 Å². The molecule has 4 nitrogen and oxygen atoms in total. The summed E-state index contributed by atoms with van der Waals surface area (Å²) >= 11 is 0. The molecule has 0 spiro atoms. The SMILES string of the molecule is O=C(c1ccccc1)c1cccc(Cc2cc(C(=O)c3cccc(Cc4ccccc4)c3)cc(C(=O)c3cccc(C(=O)c4ccccc4)c3)c2)c1. The van der Waals surface area contributed by atoms with Crippen LogP contribution in [0.5, 0.6) is 0 Å². The fraction of sp³-hybridized carbons (Fsp3) is 0.0417. The second kappa shape index (κ2) is 15.4. The Kier molecular flexibility index (Phi) is 9.99. The Morgan fingerprint density at radius 1 is 0.250 bits per heavy atom. The predicted molar refractivity (Wildman–Crippen MR) is 204 cm³/mol. The Balaban J connectivity index is 1.24. The van der Waals surface area contributed by atoms with Crippen molar-refractivity contribution < 1.29 is 19.2 Å². The van der Waals surface area contributed by atoms with E-state index >= 15 is 0 Å². The molecule has 0 bridgehead atoms. The van der Waals surface area contributed by atoms with E-state index in [9.17, 15) is 19.2 Å². The van der Waals surface area contributed by atoms with Crippen molar-refractivity contribution in [2.75, 3.05) is 0 Å². The third-order valence-corrected chi connectivity index (χ3v) is 9.01. The lowest BCUT2D eigenvalue weighted by molar-refractivity contribution is 0.102. The number of carbonyl (C=O) groups is 4. The van der Waals surface area contributed by atoms with Crippen LogP contribution in [0.15, 0.2) is 182 Å². The molecule has 0 aliphatic carbocycles. The summed E-state index contributed by atoms with van der Waals surface area (Å²) in [5.74, 6) is -0.765. The number of ketones is 4. The van der Waals surface area contributed by atoms with Crippen LogP contribution in [0.25, 0.3) is 0 Å². The van der Waals surface area contributed by atoms with E-state index in [1.807, 2.05) is 84.9 Å². The minimum Gasteiger partial charge on any atom is -0.289 e. The van der Waals surface area contributed by atoms with Gasteiger partial charge in [-0.05, 0) is 71.5 Å². The molecule has 0 amide bonds. The third-order valence-electron chi connectivity index (χ3n) is 9.01. The first-order valence-corrected chi connectivity index (χ1v) is 17.2. The van der Waals surface area contributed by atoms with E-state index in [4.69, 9.17) is 0 Å². The van der Waals surface area contributed by atoms with Crippen LogP contribution < -0.4 is 0 Å². The molecule has 0 radical (unpaired) electrons. The standard InChI is InChI=1S/C48H34O4/c49-45(37-17-6-2-7-18-37)39-21-11-16-35(28-39)26-36-29-43(47(51)40-22-10-15-34(27-40)25-33-13-4-1-5-14-33)32-44(30-36)48(52)42-24-12-23-41(31-42)46(50)38-19-8-3-9-20-38/h1-24,27-32H,25-26H2. The molecular formula is C48H34O4. The van der Waals surface area contributed by atoms with E-state index in [1.165, 1.54) is 0 Å². The highest BCUT2D eigenvalue weighted by Gasteiger charge is 2.19. The van der Waals surface area contributed by atoms with Gasteiger partial charge in [-0.25, -0.2) is 0 Å². The number of hydrogen-bond acceptors (Lipinski definition) is 4. The molecule has 0 heterocycles. The van der Waals surface area contributed by atoms with Gasteiger partial charge in [-0.3, -0.25) is 19.2 Å². The zero-order valence-corrected chi connectivity index (χ0v) is 28.4. The van der Waals surface area contributed by atoms with Crippen molar-refractivity contribution in [2.45, 2.75) is 12.8 Å². The average molecular weight is 675 g/mol. The molecule has 0 atom stereocenters. The first-order chi connectivity index (χ1) is 25.4. The maximum Gasteiger partial charge on any atom is 0.193 e. The van der Waals surface area contributed by atoms with Crippen LogP contribution in [0.1, 0.15) is 85.9 Å². The summed E-state index contributed by atoms with van der Waals surface area (Å²) in [4.78, 5) is 54.8. The van der Waals surface area contributed by atoms with E-state index in [0.29, 0.717) is 57.3 Å². The smallest absolute Gasteiger partial charge is 0.193 e. The van der Waals surface area contributed by atoms with Gasteiger partial charge >= 0.3 is 0 Å². The number of carbonyl (C=O) groups excluding carboxylic acids is 4. The molecule has 0 aliphatic rings. The van der Waals surface area contributed by atoms with Gasteiger partial charge < -0.3 is 0 Å². The summed E-state index contributed by atoms with van der Waals surface area (Å²) in [6.07, 6.45) is 1.07. The zero-order valence-electron chi connectivity index (χ0n) is 28.4. The van der Waals surface area contributed by atoms with Crippen molar-refractivity contribution in [2.24, 2.45) is 0 Å². The maximum atomic E-state index is 14.2. The van der Waals surface area contributed by atoms with Gasteiger partial charge in [0.15, 0.2) is 23.1 Å². The van der Waals surface area contributed by atoms with Crippen molar-refractivity contribution >= 4 is 23.1 Å². The summed E-state index contributed by atoms with van der Waals surface area (Å²) in [7, 11) is 0. The van der Waals surface area contributed by atoms with Crippen LogP contribution in [-0.2, 0) is 12.8 Å². The van der Waals surface area contributed by atoms with E-state index in [1.54, 1.807) is 84.9 Å². The predicted octanol–water partition coefficient (Wildman–Crippen LogP) is 9.79. The van der Waals surface area contributed by atoms with Crippen molar-refractivity contribution in [3.05, 3.63) is 249 Å². The van der Waals surface area contributed by atoms with Crippen molar-refractivity contribution in [1.29, 1.82) is 0 Å². The topological polar surface area (TPSA) is 68.3 Å². The Labute approximate surface area is 303 Å². The van der Waals surface area contributed by atoms with Crippen LogP contribution in [0.4, 0.5) is 0 Å². The van der Waals surface area contributed by atoms with Gasteiger partial charge in [0.25, 0.3) is 0 Å². The molecule has 0 unspecified atom stereocenters. The van der Waals surface area contributed by atoms with Gasteiger partial charge in [-0.15, -0.1) is 0 Å². The number of hydrogen-bond donors (Lipinski definition) is 0. The Bertz CT molecular complexity index is 2410. The minimum absolute atomic E-state index is 0.0810. The molecule has 0 fully saturated rings. The van der Waals surface area contributed by atoms with Crippen molar-refractivity contribution in [1.82, 2.24) is 0 Å². The fourth-order valence-corrected chi connectivity index (χ4v) is 6.42. The Morgan fingerprint density at radius 3 is 1.00 bits per heavy atom. The minimum atomic E-state index is -0.301. The largest absolute Gasteiger partial charge is 0.289 e. The van der Waals surface area contributed by atoms with Crippen LogP contribution in [0.2, 0.25) is 0 Å². The lowest BCUT2D eigenvalue weighted by Crippen LogP contribution is -2.09. The lowest BCUT2D eigenvalue weighted by atomic mass is 9.91. The molecule has 0 saturated heterocycles. The number of benzene rings is 7. The first-order valence-electron chi connectivity index (χ1n) is 17.2. The molecule has 52 heavy (non-hydrogen) atoms. The Hall–Kier alpha value is -6.78. The molecule has 250 valence electrons. The van der Waals surface area contributed by atoms with E-state index in [0.717, 1.165) is 22.3 Å². The molecule has 0 aromatic heterocycles. The summed E-state index contributed by atoms with van der Waals surface area (Å²) < 4.78 is 0. The fourth-order valence-electron chi connectivity index (χ4n) is 6.42. The average Bonchev–Trinajstić information content (AvgIpc) is 3.21. The van der Waals surface area contributed by atoms with Gasteiger partial charge in [0.2, 0.25) is 0 Å².